The molecule has 0 bridgehead atoms. The summed E-state index contributed by atoms with van der Waals surface area (Å²) in [4.78, 5) is 33.3. The number of aliphatic carboxylic acids is 1. The van der Waals surface area contributed by atoms with Crippen LogP contribution in [0.15, 0.2) is 0 Å². The van der Waals surface area contributed by atoms with Gasteiger partial charge in [-0.15, -0.1) is 0 Å². The van der Waals surface area contributed by atoms with Crippen LogP contribution >= 0.6 is 0 Å². The fourth-order valence-corrected chi connectivity index (χ4v) is 1.06. The average Bonchev–Trinajstić information content (AvgIpc) is 2.27. The molecule has 1 unspecified atom stereocenters. The molecule has 16 heavy (non-hydrogen) atoms. The molecular weight excluding hydrogens is 214 g/mol. The molecule has 0 aromatic heterocycles. The molecule has 6 heteroatoms. The highest BCUT2D eigenvalue weighted by atomic mass is 16.4. The second-order valence-corrected chi connectivity index (χ2v) is 3.27. The van der Waals surface area contributed by atoms with Gasteiger partial charge in [0.1, 0.15) is 11.8 Å². The van der Waals surface area contributed by atoms with Gasteiger partial charge in [0.25, 0.3) is 0 Å². The van der Waals surface area contributed by atoms with Gasteiger partial charge in [-0.3, -0.25) is 9.59 Å². The molecule has 0 saturated carbocycles. The van der Waals surface area contributed by atoms with Gasteiger partial charge in [0.2, 0.25) is 5.91 Å². The van der Waals surface area contributed by atoms with E-state index in [9.17, 15) is 14.4 Å². The number of aliphatic hydroxyl groups is 1. The molecular formula is C10H17NO5. The van der Waals surface area contributed by atoms with Crippen LogP contribution in [0, 0.1) is 0 Å². The van der Waals surface area contributed by atoms with Gasteiger partial charge in [-0.05, 0) is 6.42 Å². The van der Waals surface area contributed by atoms with Gasteiger partial charge >= 0.3 is 5.97 Å². The van der Waals surface area contributed by atoms with E-state index in [0.29, 0.717) is 6.42 Å². The van der Waals surface area contributed by atoms with E-state index in [2.05, 4.69) is 0 Å². The minimum atomic E-state index is -1.60. The summed E-state index contributed by atoms with van der Waals surface area (Å²) in [6, 6.07) is -1.27. The lowest BCUT2D eigenvalue weighted by atomic mass is 10.1. The summed E-state index contributed by atoms with van der Waals surface area (Å²) in [5.41, 5.74) is 0. The van der Waals surface area contributed by atoms with Crippen LogP contribution in [0.5, 0.6) is 0 Å². The van der Waals surface area contributed by atoms with Crippen LogP contribution < -0.4 is 5.32 Å². The van der Waals surface area contributed by atoms with Crippen molar-refractivity contribution in [2.45, 2.75) is 38.6 Å². The highest BCUT2D eigenvalue weighted by molar-refractivity contribution is 5.99. The van der Waals surface area contributed by atoms with Gasteiger partial charge in [0.15, 0.2) is 0 Å². The first-order valence-corrected chi connectivity index (χ1v) is 5.03. The third kappa shape index (κ3) is 6.13. The second kappa shape index (κ2) is 7.81. The Balaban J connectivity index is 4.39. The van der Waals surface area contributed by atoms with Gasteiger partial charge in [0.05, 0.1) is 6.40 Å². The van der Waals surface area contributed by atoms with Crippen LogP contribution in [-0.2, 0) is 14.4 Å². The minimum absolute atomic E-state index is 0.110. The van der Waals surface area contributed by atoms with Gasteiger partial charge in [-0.1, -0.05) is 6.92 Å². The SMILES string of the molecule is [2H]C(C(=O)CCC)C(=O)N[C@@H](CCO)C(=O)O. The number of nitrogens with one attached hydrogen (secondary N) is 1. The number of Topliss-reactive ketones (excluding diaryl/α,β-unsaturated/α-hetero) is 1. The Labute approximate surface area is 95.1 Å². The quantitative estimate of drug-likeness (QED) is 0.498. The Morgan fingerprint density at radius 2 is 2.06 bits per heavy atom. The van der Waals surface area contributed by atoms with Crippen LogP contribution in [0.3, 0.4) is 0 Å². The number of aliphatic hydroxyl groups excluding tert-OH is 1. The normalized spacial score (nSPS) is 14.8. The molecule has 0 radical (unpaired) electrons. The Kier molecular flexibility index (Phi) is 6.17. The maximum Gasteiger partial charge on any atom is 0.326 e. The van der Waals surface area contributed by atoms with E-state index in [1.807, 2.05) is 5.32 Å². The molecule has 0 heterocycles. The number of rotatable bonds is 8. The summed E-state index contributed by atoms with van der Waals surface area (Å²) in [5.74, 6) is -2.79. The monoisotopic (exact) mass is 232 g/mol. The number of hydrogen-bond donors (Lipinski definition) is 3. The van der Waals surface area contributed by atoms with Crippen LogP contribution in [0.4, 0.5) is 0 Å². The Morgan fingerprint density at radius 1 is 1.44 bits per heavy atom. The molecule has 2 atom stereocenters. The largest absolute Gasteiger partial charge is 0.480 e. The number of carboxylic acid groups (broad SMARTS) is 1. The van der Waals surface area contributed by atoms with Gasteiger partial charge < -0.3 is 15.5 Å². The summed E-state index contributed by atoms with van der Waals surface area (Å²) < 4.78 is 7.34. The van der Waals surface area contributed by atoms with E-state index in [0.717, 1.165) is 0 Å². The van der Waals surface area contributed by atoms with Gasteiger partial charge in [0, 0.05) is 20.8 Å². The zero-order valence-corrected chi connectivity index (χ0v) is 9.10. The number of carboxylic acids is 1. The minimum Gasteiger partial charge on any atom is -0.480 e. The van der Waals surface area contributed by atoms with Crippen molar-refractivity contribution in [1.82, 2.24) is 5.32 Å². The smallest absolute Gasteiger partial charge is 0.326 e. The zero-order valence-electron chi connectivity index (χ0n) is 10.1. The maximum atomic E-state index is 11.4. The van der Waals surface area contributed by atoms with Crippen LogP contribution in [0.2, 0.25) is 0 Å². The van der Waals surface area contributed by atoms with Crippen LogP contribution in [0.1, 0.15) is 34.0 Å². The Hall–Kier alpha value is -1.43. The first-order valence-electron chi connectivity index (χ1n) is 5.60. The number of ketones is 1. The third-order valence-electron chi connectivity index (χ3n) is 1.82. The summed E-state index contributed by atoms with van der Waals surface area (Å²) in [6.45, 7) is 1.34. The molecule has 0 aliphatic carbocycles. The summed E-state index contributed by atoms with van der Waals surface area (Å²) in [6.07, 6.45) is -1.12. The molecule has 0 saturated heterocycles. The predicted molar refractivity (Wildman–Crippen MR) is 55.8 cm³/mol. The fraction of sp³-hybridized carbons (Fsp3) is 0.700. The van der Waals surface area contributed by atoms with E-state index in [1.54, 1.807) is 6.92 Å². The summed E-state index contributed by atoms with van der Waals surface area (Å²) in [5, 5.41) is 19.4. The van der Waals surface area contributed by atoms with Crippen molar-refractivity contribution in [3.05, 3.63) is 0 Å². The third-order valence-corrected chi connectivity index (χ3v) is 1.82. The highest BCUT2D eigenvalue weighted by Crippen LogP contribution is 1.97. The predicted octanol–water partition coefficient (Wildman–Crippen LogP) is -0.302. The molecule has 0 aromatic carbocycles. The molecule has 0 rings (SSSR count). The lowest BCUT2D eigenvalue weighted by Gasteiger charge is -2.12. The van der Waals surface area contributed by atoms with Crippen molar-refractivity contribution in [2.24, 2.45) is 0 Å². The Bertz CT molecular complexity index is 294. The van der Waals surface area contributed by atoms with Gasteiger partial charge in [-0.25, -0.2) is 4.79 Å². The van der Waals surface area contributed by atoms with Crippen LogP contribution in [-0.4, -0.2) is 40.5 Å². The Morgan fingerprint density at radius 3 is 2.50 bits per heavy atom. The molecule has 0 aromatic rings. The van der Waals surface area contributed by atoms with E-state index >= 15 is 0 Å². The summed E-state index contributed by atoms with van der Waals surface area (Å²) >= 11 is 0. The van der Waals surface area contributed by atoms with Crippen molar-refractivity contribution in [1.29, 1.82) is 0 Å². The standard InChI is InChI=1S/C10H17NO5/c1-2-3-7(13)6-9(14)11-8(4-5-12)10(15)16/h8,12H,2-6H2,1H3,(H,11,14)(H,15,16)/t8-/m0/s1/i6D/t6?,8-. The average molecular weight is 232 g/mol. The summed E-state index contributed by atoms with van der Waals surface area (Å²) in [7, 11) is 0. The zero-order chi connectivity index (χ0) is 13.4. The fourth-order valence-electron chi connectivity index (χ4n) is 1.06. The van der Waals surface area contributed by atoms with Crippen molar-refractivity contribution < 1.29 is 26.0 Å². The molecule has 0 spiro atoms. The molecule has 0 aliphatic rings. The second-order valence-electron chi connectivity index (χ2n) is 3.27. The lowest BCUT2D eigenvalue weighted by molar-refractivity contribution is -0.143. The van der Waals surface area contributed by atoms with Crippen molar-refractivity contribution in [3.63, 3.8) is 0 Å². The number of hydrogen-bond acceptors (Lipinski definition) is 4. The first-order chi connectivity index (χ1) is 7.93. The maximum absolute atomic E-state index is 11.4. The first kappa shape index (κ1) is 12.6. The van der Waals surface area contributed by atoms with E-state index in [4.69, 9.17) is 11.6 Å². The van der Waals surface area contributed by atoms with Gasteiger partial charge in [-0.2, -0.15) is 0 Å². The van der Waals surface area contributed by atoms with Crippen molar-refractivity contribution in [3.8, 4) is 0 Å². The van der Waals surface area contributed by atoms with Crippen LogP contribution in [0.25, 0.3) is 0 Å². The van der Waals surface area contributed by atoms with Crippen molar-refractivity contribution >= 4 is 17.7 Å². The molecule has 3 N–H and O–H groups in total. The molecule has 92 valence electrons. The highest BCUT2D eigenvalue weighted by Gasteiger charge is 2.20. The van der Waals surface area contributed by atoms with E-state index in [-0.39, 0.29) is 12.8 Å². The topological polar surface area (TPSA) is 104 Å². The van der Waals surface area contributed by atoms with E-state index in [1.165, 1.54) is 0 Å². The molecule has 1 amide bonds. The van der Waals surface area contributed by atoms with E-state index < -0.39 is 36.7 Å². The number of amides is 1. The molecule has 0 aliphatic heterocycles. The van der Waals surface area contributed by atoms with Crippen molar-refractivity contribution in [2.75, 3.05) is 6.61 Å². The number of carbonyl (C=O) groups excluding carboxylic acids is 2. The number of carbonyl (C=O) groups is 3. The molecule has 0 fully saturated rings. The molecule has 6 nitrogen and oxygen atoms in total. The lowest BCUT2D eigenvalue weighted by Crippen LogP contribution is -2.42.